The van der Waals surface area contributed by atoms with Gasteiger partial charge in [-0.15, -0.1) is 0 Å². The van der Waals surface area contributed by atoms with Crippen molar-refractivity contribution in [2.75, 3.05) is 32.7 Å². The van der Waals surface area contributed by atoms with Crippen LogP contribution in [0.15, 0.2) is 59.6 Å². The van der Waals surface area contributed by atoms with Gasteiger partial charge in [-0.1, -0.05) is 24.3 Å². The van der Waals surface area contributed by atoms with E-state index in [1.807, 2.05) is 36.1 Å². The molecule has 0 spiro atoms. The Balaban J connectivity index is 1.25. The molecule has 8 nitrogen and oxygen atoms in total. The largest absolute Gasteiger partial charge is 0.338 e. The molecule has 0 radical (unpaired) electrons. The number of aryl methyl sites for hydroxylation is 1. The summed E-state index contributed by atoms with van der Waals surface area (Å²) in [5, 5.41) is 0.789. The lowest BCUT2D eigenvalue weighted by Gasteiger charge is -2.34. The lowest BCUT2D eigenvalue weighted by molar-refractivity contribution is -0.128. The van der Waals surface area contributed by atoms with Crippen molar-refractivity contribution in [2.24, 2.45) is 0 Å². The summed E-state index contributed by atoms with van der Waals surface area (Å²) in [6.45, 7) is 4.36. The highest BCUT2D eigenvalue weighted by molar-refractivity contribution is 7.89. The highest BCUT2D eigenvalue weighted by atomic mass is 32.2. The molecule has 1 aromatic heterocycles. The fraction of sp³-hybridized carbons (Fsp3) is 0.346. The van der Waals surface area contributed by atoms with Crippen molar-refractivity contribution < 1.29 is 18.0 Å². The van der Waals surface area contributed by atoms with Crippen LogP contribution in [0.1, 0.15) is 34.3 Å². The van der Waals surface area contributed by atoms with Gasteiger partial charge in [0.15, 0.2) is 0 Å². The summed E-state index contributed by atoms with van der Waals surface area (Å²) in [4.78, 5) is 33.0. The van der Waals surface area contributed by atoms with E-state index in [4.69, 9.17) is 0 Å². The molecule has 0 unspecified atom stereocenters. The van der Waals surface area contributed by atoms with Crippen LogP contribution < -0.4 is 0 Å². The molecule has 9 heteroatoms. The number of rotatable bonds is 5. The molecule has 182 valence electrons. The smallest absolute Gasteiger partial charge is 0.253 e. The molecule has 0 N–H and O–H groups in total. The maximum absolute atomic E-state index is 13.4. The minimum absolute atomic E-state index is 0.117. The van der Waals surface area contributed by atoms with E-state index in [-0.39, 0.29) is 29.8 Å². The molecule has 0 saturated carbocycles. The summed E-state index contributed by atoms with van der Waals surface area (Å²) in [5.74, 6) is 0.0560. The van der Waals surface area contributed by atoms with E-state index in [1.54, 1.807) is 35.4 Å². The van der Waals surface area contributed by atoms with Crippen molar-refractivity contribution >= 4 is 32.7 Å². The molecule has 0 bridgehead atoms. The first kappa shape index (κ1) is 23.4. The van der Waals surface area contributed by atoms with Gasteiger partial charge in [0.2, 0.25) is 15.9 Å². The second-order valence-corrected chi connectivity index (χ2v) is 11.1. The predicted molar refractivity (Wildman–Crippen MR) is 132 cm³/mol. The highest BCUT2D eigenvalue weighted by Crippen LogP contribution is 2.26. The van der Waals surface area contributed by atoms with Crippen LogP contribution in [0.25, 0.3) is 10.9 Å². The standard InChI is InChI=1S/C26H28N4O4S/c1-19-16-22-4-2-5-23(25(22)27-17-19)35(33,34)30-14-12-28(13-15-30)26(32)21-9-7-20(8-10-21)18-29-11-3-6-24(29)31/h2,4-5,7-10,16-17H,3,6,11-15,18H2,1H3. The predicted octanol–water partition coefficient (Wildman–Crippen LogP) is 2.81. The highest BCUT2D eigenvalue weighted by Gasteiger charge is 2.32. The summed E-state index contributed by atoms with van der Waals surface area (Å²) < 4.78 is 28.2. The number of carbonyl (C=O) groups excluding carboxylic acids is 2. The molecule has 2 saturated heterocycles. The number of sulfonamides is 1. The molecule has 2 aliphatic heterocycles. The van der Waals surface area contributed by atoms with E-state index in [1.165, 1.54) is 4.31 Å². The van der Waals surface area contributed by atoms with Crippen LogP contribution in [0, 0.1) is 6.92 Å². The number of pyridine rings is 1. The molecule has 2 amide bonds. The van der Waals surface area contributed by atoms with Crippen LogP contribution in [0.3, 0.4) is 0 Å². The molecule has 2 fully saturated rings. The fourth-order valence-corrected chi connectivity index (χ4v) is 6.34. The average Bonchev–Trinajstić information content (AvgIpc) is 3.27. The number of fused-ring (bicyclic) bond motifs is 1. The van der Waals surface area contributed by atoms with Gasteiger partial charge in [-0.05, 0) is 48.7 Å². The first-order valence-electron chi connectivity index (χ1n) is 11.8. The van der Waals surface area contributed by atoms with Gasteiger partial charge in [0.1, 0.15) is 4.90 Å². The SMILES string of the molecule is Cc1cnc2c(S(=O)(=O)N3CCN(C(=O)c4ccc(CN5CCCC5=O)cc4)CC3)cccc2c1. The van der Waals surface area contributed by atoms with Crippen LogP contribution in [-0.4, -0.2) is 72.0 Å². The van der Waals surface area contributed by atoms with Crippen LogP contribution in [0.5, 0.6) is 0 Å². The zero-order valence-electron chi connectivity index (χ0n) is 19.7. The van der Waals surface area contributed by atoms with Crippen molar-refractivity contribution in [3.8, 4) is 0 Å². The number of hydrogen-bond acceptors (Lipinski definition) is 5. The number of hydrogen-bond donors (Lipinski definition) is 0. The van der Waals surface area contributed by atoms with Gasteiger partial charge >= 0.3 is 0 Å². The number of nitrogens with zero attached hydrogens (tertiary/aromatic N) is 4. The zero-order valence-corrected chi connectivity index (χ0v) is 20.5. The Morgan fingerprint density at radius 3 is 2.43 bits per heavy atom. The van der Waals surface area contributed by atoms with E-state index in [9.17, 15) is 18.0 Å². The van der Waals surface area contributed by atoms with Gasteiger partial charge in [0, 0.05) is 62.8 Å². The van der Waals surface area contributed by atoms with Gasteiger partial charge in [-0.25, -0.2) is 8.42 Å². The Morgan fingerprint density at radius 2 is 1.74 bits per heavy atom. The number of carbonyl (C=O) groups is 2. The van der Waals surface area contributed by atoms with Gasteiger partial charge in [-0.2, -0.15) is 4.31 Å². The zero-order chi connectivity index (χ0) is 24.6. The molecule has 5 rings (SSSR count). The molecule has 0 aliphatic carbocycles. The minimum Gasteiger partial charge on any atom is -0.338 e. The monoisotopic (exact) mass is 492 g/mol. The van der Waals surface area contributed by atoms with Gasteiger partial charge in [0.05, 0.1) is 5.52 Å². The maximum atomic E-state index is 13.4. The normalized spacial score (nSPS) is 17.3. The van der Waals surface area contributed by atoms with E-state index >= 15 is 0 Å². The summed E-state index contributed by atoms with van der Waals surface area (Å²) in [6.07, 6.45) is 3.18. The van der Waals surface area contributed by atoms with Crippen LogP contribution in [0.4, 0.5) is 0 Å². The first-order chi connectivity index (χ1) is 16.8. The lowest BCUT2D eigenvalue weighted by atomic mass is 10.1. The fourth-order valence-electron chi connectivity index (χ4n) is 4.75. The Labute approximate surface area is 205 Å². The molecule has 2 aromatic carbocycles. The Bertz CT molecular complexity index is 1380. The van der Waals surface area contributed by atoms with E-state index in [2.05, 4.69) is 4.98 Å². The lowest BCUT2D eigenvalue weighted by Crippen LogP contribution is -2.50. The van der Waals surface area contributed by atoms with Crippen molar-refractivity contribution in [3.05, 3.63) is 71.4 Å². The molecule has 3 aromatic rings. The summed E-state index contributed by atoms with van der Waals surface area (Å²) in [5.41, 5.74) is 2.99. The molecule has 2 aliphatic rings. The van der Waals surface area contributed by atoms with Crippen LogP contribution in [-0.2, 0) is 21.4 Å². The third-order valence-electron chi connectivity index (χ3n) is 6.70. The Kier molecular flexibility index (Phi) is 6.29. The van der Waals surface area contributed by atoms with Crippen molar-refractivity contribution in [3.63, 3.8) is 0 Å². The van der Waals surface area contributed by atoms with E-state index < -0.39 is 10.0 Å². The number of amides is 2. The van der Waals surface area contributed by atoms with Gasteiger partial charge in [0.25, 0.3) is 5.91 Å². The summed E-state index contributed by atoms with van der Waals surface area (Å²) in [7, 11) is -3.74. The first-order valence-corrected chi connectivity index (χ1v) is 13.3. The summed E-state index contributed by atoms with van der Waals surface area (Å²) >= 11 is 0. The third kappa shape index (κ3) is 4.66. The van der Waals surface area contributed by atoms with Gasteiger partial charge in [-0.3, -0.25) is 14.6 Å². The number of para-hydroxylation sites is 1. The van der Waals surface area contributed by atoms with Crippen molar-refractivity contribution in [2.45, 2.75) is 31.2 Å². The molecular weight excluding hydrogens is 464 g/mol. The van der Waals surface area contributed by atoms with Gasteiger partial charge < -0.3 is 9.80 Å². The molecule has 3 heterocycles. The van der Waals surface area contributed by atoms with E-state index in [0.29, 0.717) is 37.1 Å². The second-order valence-electron chi connectivity index (χ2n) is 9.15. The van der Waals surface area contributed by atoms with E-state index in [0.717, 1.165) is 29.5 Å². The van der Waals surface area contributed by atoms with Crippen molar-refractivity contribution in [1.29, 1.82) is 0 Å². The molecule has 35 heavy (non-hydrogen) atoms. The molecule has 0 atom stereocenters. The quantitative estimate of drug-likeness (QED) is 0.546. The van der Waals surface area contributed by atoms with Crippen molar-refractivity contribution in [1.82, 2.24) is 19.1 Å². The number of aromatic nitrogens is 1. The number of piperazine rings is 1. The Morgan fingerprint density at radius 1 is 1.00 bits per heavy atom. The third-order valence-corrected chi connectivity index (χ3v) is 8.63. The van der Waals surface area contributed by atoms with Crippen LogP contribution in [0.2, 0.25) is 0 Å². The number of likely N-dealkylation sites (tertiary alicyclic amines) is 1. The van der Waals surface area contributed by atoms with Crippen LogP contribution >= 0.6 is 0 Å². The Hall–Kier alpha value is -3.30. The molecular formula is C26H28N4O4S. The second kappa shape index (κ2) is 9.39. The summed E-state index contributed by atoms with van der Waals surface area (Å²) in [6, 6.07) is 14.4. The average molecular weight is 493 g/mol. The number of benzene rings is 2. The maximum Gasteiger partial charge on any atom is 0.253 e. The minimum atomic E-state index is -3.74. The topological polar surface area (TPSA) is 90.9 Å².